The number of hydrogen-bond donors (Lipinski definition) is 1. The van der Waals surface area contributed by atoms with Crippen LogP contribution in [-0.2, 0) is 18.4 Å². The summed E-state index contributed by atoms with van der Waals surface area (Å²) in [4.78, 5) is 4.53. The van der Waals surface area contributed by atoms with Crippen LogP contribution < -0.4 is 5.73 Å². The van der Waals surface area contributed by atoms with Gasteiger partial charge in [-0.1, -0.05) is 56.1 Å². The van der Waals surface area contributed by atoms with Gasteiger partial charge in [0.1, 0.15) is 0 Å². The molecular weight excluding hydrogens is 274 g/mol. The maximum atomic E-state index is 6.37. The van der Waals surface area contributed by atoms with Crippen molar-refractivity contribution in [1.29, 1.82) is 0 Å². The van der Waals surface area contributed by atoms with Gasteiger partial charge >= 0.3 is 0 Å². The summed E-state index contributed by atoms with van der Waals surface area (Å²) in [6.07, 6.45) is 5.99. The second-order valence-corrected chi connectivity index (χ2v) is 6.97. The summed E-state index contributed by atoms with van der Waals surface area (Å²) in [5.41, 5.74) is 8.56. The standard InChI is InChI=1S/C18H25N3O/c1-13(2)11-14-5-7-15(8-6-14)12-16-20-17(21-22-16)18(19)9-3-4-10-18/h5-8,13H,3-4,9-12,19H2,1-2H3. The highest BCUT2D eigenvalue weighted by Gasteiger charge is 2.35. The van der Waals surface area contributed by atoms with Crippen LogP contribution in [0.15, 0.2) is 28.8 Å². The van der Waals surface area contributed by atoms with Crippen LogP contribution in [0.4, 0.5) is 0 Å². The fraction of sp³-hybridized carbons (Fsp3) is 0.556. The molecule has 1 aromatic heterocycles. The van der Waals surface area contributed by atoms with E-state index >= 15 is 0 Å². The first-order valence-corrected chi connectivity index (χ1v) is 8.25. The number of hydrogen-bond acceptors (Lipinski definition) is 4. The van der Waals surface area contributed by atoms with Gasteiger partial charge in [-0.25, -0.2) is 0 Å². The average Bonchev–Trinajstić information content (AvgIpc) is 3.11. The number of rotatable bonds is 5. The van der Waals surface area contributed by atoms with Crippen LogP contribution in [0.5, 0.6) is 0 Å². The van der Waals surface area contributed by atoms with Gasteiger partial charge in [0, 0.05) is 0 Å². The van der Waals surface area contributed by atoms with Gasteiger partial charge in [0.05, 0.1) is 12.0 Å². The van der Waals surface area contributed by atoms with Crippen LogP contribution in [0.2, 0.25) is 0 Å². The van der Waals surface area contributed by atoms with E-state index in [4.69, 9.17) is 10.3 Å². The summed E-state index contributed by atoms with van der Waals surface area (Å²) < 4.78 is 5.40. The smallest absolute Gasteiger partial charge is 0.231 e. The van der Waals surface area contributed by atoms with Crippen molar-refractivity contribution in [2.45, 2.75) is 57.9 Å². The topological polar surface area (TPSA) is 64.9 Å². The Morgan fingerprint density at radius 2 is 1.77 bits per heavy atom. The predicted molar refractivity (Wildman–Crippen MR) is 86.4 cm³/mol. The second kappa shape index (κ2) is 6.21. The number of nitrogens with two attached hydrogens (primary N) is 1. The molecular formula is C18H25N3O. The maximum absolute atomic E-state index is 6.37. The lowest BCUT2D eigenvalue weighted by Gasteiger charge is -2.17. The molecule has 0 spiro atoms. The molecule has 0 radical (unpaired) electrons. The molecule has 2 N–H and O–H groups in total. The molecule has 0 bridgehead atoms. The van der Waals surface area contributed by atoms with E-state index in [0.29, 0.717) is 24.1 Å². The second-order valence-electron chi connectivity index (χ2n) is 6.97. The van der Waals surface area contributed by atoms with Gasteiger partial charge in [-0.3, -0.25) is 0 Å². The van der Waals surface area contributed by atoms with Crippen molar-refractivity contribution in [2.75, 3.05) is 0 Å². The van der Waals surface area contributed by atoms with E-state index in [2.05, 4.69) is 48.3 Å². The fourth-order valence-electron chi connectivity index (χ4n) is 3.20. The molecule has 118 valence electrons. The molecule has 1 aliphatic rings. The Bertz CT molecular complexity index is 610. The molecule has 1 heterocycles. The lowest BCUT2D eigenvalue weighted by molar-refractivity contribution is 0.352. The molecule has 3 rings (SSSR count). The Morgan fingerprint density at radius 3 is 2.41 bits per heavy atom. The lowest BCUT2D eigenvalue weighted by atomic mass is 9.98. The fourth-order valence-corrected chi connectivity index (χ4v) is 3.20. The van der Waals surface area contributed by atoms with Crippen LogP contribution in [0.3, 0.4) is 0 Å². The zero-order valence-corrected chi connectivity index (χ0v) is 13.5. The zero-order chi connectivity index (χ0) is 15.6. The third kappa shape index (κ3) is 3.38. The summed E-state index contributed by atoms with van der Waals surface area (Å²) in [5, 5.41) is 4.11. The molecule has 0 unspecified atom stereocenters. The highest BCUT2D eigenvalue weighted by molar-refractivity contribution is 5.25. The molecule has 0 saturated heterocycles. The molecule has 1 fully saturated rings. The Kier molecular flexibility index (Phi) is 4.30. The Labute approximate surface area is 132 Å². The van der Waals surface area contributed by atoms with Gasteiger partial charge in [-0.15, -0.1) is 0 Å². The first-order chi connectivity index (χ1) is 10.5. The zero-order valence-electron chi connectivity index (χ0n) is 13.5. The molecule has 22 heavy (non-hydrogen) atoms. The van der Waals surface area contributed by atoms with Gasteiger partial charge in [0.15, 0.2) is 5.82 Å². The minimum absolute atomic E-state index is 0.372. The van der Waals surface area contributed by atoms with Crippen molar-refractivity contribution < 1.29 is 4.52 Å². The molecule has 2 aromatic rings. The minimum atomic E-state index is -0.372. The van der Waals surface area contributed by atoms with E-state index < -0.39 is 0 Å². The number of nitrogens with zero attached hydrogens (tertiary/aromatic N) is 2. The summed E-state index contributed by atoms with van der Waals surface area (Å²) >= 11 is 0. The van der Waals surface area contributed by atoms with Crippen molar-refractivity contribution in [3.63, 3.8) is 0 Å². The SMILES string of the molecule is CC(C)Cc1ccc(Cc2nc(C3(N)CCCC3)no2)cc1. The predicted octanol–water partition coefficient (Wildman–Crippen LogP) is 3.59. The Hall–Kier alpha value is -1.68. The average molecular weight is 299 g/mol. The molecule has 1 aromatic carbocycles. The van der Waals surface area contributed by atoms with Gasteiger partial charge in [-0.05, 0) is 36.3 Å². The summed E-state index contributed by atoms with van der Waals surface area (Å²) in [6, 6.07) is 8.67. The molecule has 4 nitrogen and oxygen atoms in total. The van der Waals surface area contributed by atoms with Crippen molar-refractivity contribution in [2.24, 2.45) is 11.7 Å². The summed E-state index contributed by atoms with van der Waals surface area (Å²) in [6.45, 7) is 4.47. The highest BCUT2D eigenvalue weighted by Crippen LogP contribution is 2.34. The molecule has 4 heteroatoms. The van der Waals surface area contributed by atoms with Crippen molar-refractivity contribution in [3.05, 3.63) is 47.1 Å². The molecule has 1 saturated carbocycles. The van der Waals surface area contributed by atoms with E-state index in [1.54, 1.807) is 0 Å². The molecule has 1 aliphatic carbocycles. The normalized spacial score (nSPS) is 17.3. The van der Waals surface area contributed by atoms with Crippen molar-refractivity contribution in [3.8, 4) is 0 Å². The number of benzene rings is 1. The monoisotopic (exact) mass is 299 g/mol. The van der Waals surface area contributed by atoms with Gasteiger partial charge < -0.3 is 10.3 Å². The highest BCUT2D eigenvalue weighted by atomic mass is 16.5. The van der Waals surface area contributed by atoms with E-state index in [9.17, 15) is 0 Å². The third-order valence-corrected chi connectivity index (χ3v) is 4.43. The van der Waals surface area contributed by atoms with Crippen LogP contribution in [-0.4, -0.2) is 10.1 Å². The largest absolute Gasteiger partial charge is 0.339 e. The molecule has 0 amide bonds. The van der Waals surface area contributed by atoms with Crippen molar-refractivity contribution in [1.82, 2.24) is 10.1 Å². The van der Waals surface area contributed by atoms with Crippen LogP contribution in [0, 0.1) is 5.92 Å². The minimum Gasteiger partial charge on any atom is -0.339 e. The lowest BCUT2D eigenvalue weighted by Crippen LogP contribution is -2.34. The quantitative estimate of drug-likeness (QED) is 0.916. The van der Waals surface area contributed by atoms with Crippen LogP contribution >= 0.6 is 0 Å². The summed E-state index contributed by atoms with van der Waals surface area (Å²) in [7, 11) is 0. The Morgan fingerprint density at radius 1 is 1.14 bits per heavy atom. The maximum Gasteiger partial charge on any atom is 0.231 e. The first-order valence-electron chi connectivity index (χ1n) is 8.25. The van der Waals surface area contributed by atoms with E-state index in [1.807, 2.05) is 0 Å². The van der Waals surface area contributed by atoms with Gasteiger partial charge in [0.2, 0.25) is 5.89 Å². The van der Waals surface area contributed by atoms with Crippen LogP contribution in [0.1, 0.15) is 62.4 Å². The summed E-state index contributed by atoms with van der Waals surface area (Å²) in [5.74, 6) is 2.01. The van der Waals surface area contributed by atoms with Gasteiger partial charge in [-0.2, -0.15) is 4.98 Å². The van der Waals surface area contributed by atoms with E-state index in [-0.39, 0.29) is 5.54 Å². The Balaban J connectivity index is 1.67. The van der Waals surface area contributed by atoms with Gasteiger partial charge in [0.25, 0.3) is 0 Å². The van der Waals surface area contributed by atoms with E-state index in [1.165, 1.54) is 11.1 Å². The number of aromatic nitrogens is 2. The molecule has 0 atom stereocenters. The van der Waals surface area contributed by atoms with E-state index in [0.717, 1.165) is 32.1 Å². The molecule has 0 aliphatic heterocycles. The first kappa shape index (κ1) is 15.2. The van der Waals surface area contributed by atoms with Crippen LogP contribution in [0.25, 0.3) is 0 Å². The van der Waals surface area contributed by atoms with Crippen molar-refractivity contribution >= 4 is 0 Å². The third-order valence-electron chi connectivity index (χ3n) is 4.43.